The molecule has 0 saturated heterocycles. The van der Waals surface area contributed by atoms with Crippen LogP contribution in [0.5, 0.6) is 5.75 Å². The molecule has 1 amide bonds. The standard InChI is InChI=1S/C26H27N3O3/c30-22-15-17-28-24(25(22)31)26(32)27-16-9-2-1-4-10-19-11-7-8-14-21(19)23(29(28)18-27)20-12-5-3-6-13-20/h3,5-8,11-15,17,23,31H,1-2,4,9-10,16,18H2. The molecule has 2 aliphatic heterocycles. The van der Waals surface area contributed by atoms with Crippen LogP contribution in [0.1, 0.15) is 58.9 Å². The minimum absolute atomic E-state index is 0.0409. The molecule has 1 unspecified atom stereocenters. The van der Waals surface area contributed by atoms with Gasteiger partial charge in [0.15, 0.2) is 11.4 Å². The number of aryl methyl sites for hydroxylation is 1. The highest BCUT2D eigenvalue weighted by Crippen LogP contribution is 2.34. The Labute approximate surface area is 187 Å². The molecule has 2 aromatic carbocycles. The summed E-state index contributed by atoms with van der Waals surface area (Å²) in [6, 6.07) is 19.8. The Morgan fingerprint density at radius 2 is 1.59 bits per heavy atom. The van der Waals surface area contributed by atoms with Crippen LogP contribution in [0.4, 0.5) is 0 Å². The van der Waals surface area contributed by atoms with E-state index in [0.29, 0.717) is 13.2 Å². The zero-order chi connectivity index (χ0) is 22.1. The monoisotopic (exact) mass is 429 g/mol. The smallest absolute Gasteiger partial charge is 0.277 e. The van der Waals surface area contributed by atoms with Gasteiger partial charge in [0, 0.05) is 18.8 Å². The summed E-state index contributed by atoms with van der Waals surface area (Å²) in [4.78, 5) is 27.3. The van der Waals surface area contributed by atoms with Crippen LogP contribution in [0.15, 0.2) is 71.7 Å². The Morgan fingerprint density at radius 3 is 2.44 bits per heavy atom. The van der Waals surface area contributed by atoms with Crippen molar-refractivity contribution in [2.24, 2.45) is 0 Å². The summed E-state index contributed by atoms with van der Waals surface area (Å²) in [5.41, 5.74) is 3.06. The number of benzene rings is 2. The first kappa shape index (κ1) is 20.4. The zero-order valence-corrected chi connectivity index (χ0v) is 18.0. The van der Waals surface area contributed by atoms with Gasteiger partial charge in [0.2, 0.25) is 5.43 Å². The Balaban J connectivity index is 1.76. The van der Waals surface area contributed by atoms with E-state index in [1.54, 1.807) is 15.8 Å². The summed E-state index contributed by atoms with van der Waals surface area (Å²) in [7, 11) is 0. The Bertz CT molecular complexity index is 1190. The number of rotatable bonds is 1. The Kier molecular flexibility index (Phi) is 5.43. The van der Waals surface area contributed by atoms with Crippen LogP contribution in [0, 0.1) is 0 Å². The van der Waals surface area contributed by atoms with E-state index < -0.39 is 11.2 Å². The van der Waals surface area contributed by atoms with Gasteiger partial charge in [-0.2, -0.15) is 0 Å². The number of hydrogen-bond acceptors (Lipinski definition) is 4. The van der Waals surface area contributed by atoms with Crippen LogP contribution in [0.25, 0.3) is 0 Å². The van der Waals surface area contributed by atoms with Gasteiger partial charge >= 0.3 is 0 Å². The summed E-state index contributed by atoms with van der Waals surface area (Å²) in [6.07, 6.45) is 6.76. The highest BCUT2D eigenvalue weighted by atomic mass is 16.3. The molecular weight excluding hydrogens is 402 g/mol. The third-order valence-electron chi connectivity index (χ3n) is 6.52. The van der Waals surface area contributed by atoms with Crippen molar-refractivity contribution in [2.75, 3.05) is 18.2 Å². The average molecular weight is 430 g/mol. The number of nitrogens with zero attached hydrogens (tertiary/aromatic N) is 3. The van der Waals surface area contributed by atoms with Gasteiger partial charge in [0.1, 0.15) is 6.67 Å². The van der Waals surface area contributed by atoms with Crippen molar-refractivity contribution >= 4 is 5.91 Å². The summed E-state index contributed by atoms with van der Waals surface area (Å²) < 4.78 is 1.68. The number of amides is 1. The van der Waals surface area contributed by atoms with Crippen LogP contribution < -0.4 is 10.4 Å². The second-order valence-electron chi connectivity index (χ2n) is 8.55. The lowest BCUT2D eigenvalue weighted by atomic mass is 9.91. The molecule has 0 radical (unpaired) electrons. The second-order valence-corrected chi connectivity index (χ2v) is 8.55. The van der Waals surface area contributed by atoms with Crippen molar-refractivity contribution in [1.82, 2.24) is 9.58 Å². The fourth-order valence-corrected chi connectivity index (χ4v) is 4.91. The number of aromatic hydroxyl groups is 1. The third kappa shape index (κ3) is 3.55. The van der Waals surface area contributed by atoms with E-state index in [9.17, 15) is 14.7 Å². The van der Waals surface area contributed by atoms with Gasteiger partial charge in [-0.25, -0.2) is 0 Å². The maximum Gasteiger partial charge on any atom is 0.277 e. The number of hydrogen-bond donors (Lipinski definition) is 1. The SMILES string of the molecule is O=C1c2c(O)c(=O)ccn2N2CN1CCCCCCc1ccccc1C2c1ccccc1. The van der Waals surface area contributed by atoms with E-state index in [2.05, 4.69) is 41.4 Å². The summed E-state index contributed by atoms with van der Waals surface area (Å²) in [5.74, 6) is -0.784. The fourth-order valence-electron chi connectivity index (χ4n) is 4.91. The van der Waals surface area contributed by atoms with Crippen molar-refractivity contribution in [3.63, 3.8) is 0 Å². The summed E-state index contributed by atoms with van der Waals surface area (Å²) in [5, 5.41) is 12.7. The average Bonchev–Trinajstić information content (AvgIpc) is 2.81. The number of pyridine rings is 1. The summed E-state index contributed by atoms with van der Waals surface area (Å²) in [6.45, 7) is 0.975. The molecule has 164 valence electrons. The van der Waals surface area contributed by atoms with Crippen molar-refractivity contribution in [2.45, 2.75) is 38.1 Å². The first-order chi connectivity index (χ1) is 15.6. The molecule has 1 aromatic heterocycles. The largest absolute Gasteiger partial charge is 0.502 e. The predicted octanol–water partition coefficient (Wildman–Crippen LogP) is 3.81. The van der Waals surface area contributed by atoms with Crippen molar-refractivity contribution in [3.05, 3.63) is 99.5 Å². The van der Waals surface area contributed by atoms with Gasteiger partial charge in [-0.3, -0.25) is 19.3 Å². The van der Waals surface area contributed by atoms with E-state index in [4.69, 9.17) is 0 Å². The molecule has 6 heteroatoms. The maximum atomic E-state index is 13.3. The van der Waals surface area contributed by atoms with E-state index >= 15 is 0 Å². The normalized spacial score (nSPS) is 18.9. The lowest BCUT2D eigenvalue weighted by Crippen LogP contribution is -2.55. The van der Waals surface area contributed by atoms with E-state index in [1.165, 1.54) is 17.2 Å². The van der Waals surface area contributed by atoms with E-state index in [1.807, 2.05) is 18.2 Å². The topological polar surface area (TPSA) is 65.8 Å². The predicted molar refractivity (Wildman–Crippen MR) is 123 cm³/mol. The minimum atomic E-state index is -0.538. The first-order valence-corrected chi connectivity index (χ1v) is 11.3. The number of aromatic nitrogens is 1. The molecule has 0 aliphatic carbocycles. The molecule has 5 rings (SSSR count). The first-order valence-electron chi connectivity index (χ1n) is 11.3. The van der Waals surface area contributed by atoms with Gasteiger partial charge in [-0.05, 0) is 36.0 Å². The van der Waals surface area contributed by atoms with E-state index in [0.717, 1.165) is 37.7 Å². The second kappa shape index (κ2) is 8.54. The van der Waals surface area contributed by atoms with Gasteiger partial charge < -0.3 is 10.0 Å². The van der Waals surface area contributed by atoms with Crippen molar-refractivity contribution in [3.8, 4) is 5.75 Å². The molecule has 2 aliphatic rings. The zero-order valence-electron chi connectivity index (χ0n) is 18.0. The number of fused-ring (bicyclic) bond motifs is 5. The Morgan fingerprint density at radius 1 is 0.844 bits per heavy atom. The molecule has 0 spiro atoms. The molecule has 3 heterocycles. The molecule has 32 heavy (non-hydrogen) atoms. The minimum Gasteiger partial charge on any atom is -0.502 e. The Hall–Kier alpha value is -3.54. The fraction of sp³-hybridized carbons (Fsp3) is 0.308. The van der Waals surface area contributed by atoms with Crippen LogP contribution in [-0.2, 0) is 6.42 Å². The molecule has 2 bridgehead atoms. The van der Waals surface area contributed by atoms with Crippen LogP contribution in [0.3, 0.4) is 0 Å². The molecule has 0 fully saturated rings. The molecule has 1 N–H and O–H groups in total. The maximum absolute atomic E-state index is 13.3. The molecule has 3 aromatic rings. The highest BCUT2D eigenvalue weighted by molar-refractivity contribution is 5.96. The van der Waals surface area contributed by atoms with Gasteiger partial charge in [-0.1, -0.05) is 67.4 Å². The van der Waals surface area contributed by atoms with E-state index in [-0.39, 0.29) is 17.6 Å². The van der Waals surface area contributed by atoms with Gasteiger partial charge in [0.05, 0.1) is 6.04 Å². The van der Waals surface area contributed by atoms with Gasteiger partial charge in [0.25, 0.3) is 5.91 Å². The molecule has 1 atom stereocenters. The lowest BCUT2D eigenvalue weighted by molar-refractivity contribution is 0.0675. The van der Waals surface area contributed by atoms with Crippen molar-refractivity contribution in [1.29, 1.82) is 0 Å². The summed E-state index contributed by atoms with van der Waals surface area (Å²) >= 11 is 0. The molecular formula is C26H27N3O3. The highest BCUT2D eigenvalue weighted by Gasteiger charge is 2.36. The van der Waals surface area contributed by atoms with Crippen molar-refractivity contribution < 1.29 is 9.90 Å². The quantitative estimate of drug-likeness (QED) is 0.639. The van der Waals surface area contributed by atoms with Crippen LogP contribution >= 0.6 is 0 Å². The lowest BCUT2D eigenvalue weighted by Gasteiger charge is -2.44. The van der Waals surface area contributed by atoms with Gasteiger partial charge in [-0.15, -0.1) is 0 Å². The molecule has 0 saturated carbocycles. The van der Waals surface area contributed by atoms with Crippen LogP contribution in [0.2, 0.25) is 0 Å². The number of carbonyl (C=O) groups excluding carboxylic acids is 1. The number of carbonyl (C=O) groups is 1. The molecule has 6 nitrogen and oxygen atoms in total. The third-order valence-corrected chi connectivity index (χ3v) is 6.52. The van der Waals surface area contributed by atoms with Crippen LogP contribution in [-0.4, -0.2) is 33.8 Å².